The van der Waals surface area contributed by atoms with Crippen molar-refractivity contribution in [2.24, 2.45) is 11.8 Å². The summed E-state index contributed by atoms with van der Waals surface area (Å²) >= 11 is 0. The highest BCUT2D eigenvalue weighted by Gasteiger charge is 2.46. The van der Waals surface area contributed by atoms with Gasteiger partial charge < -0.3 is 5.32 Å². The van der Waals surface area contributed by atoms with Crippen molar-refractivity contribution in [3.05, 3.63) is 0 Å². The summed E-state index contributed by atoms with van der Waals surface area (Å²) in [6, 6.07) is 1.47. The average molecular weight is 252 g/mol. The van der Waals surface area contributed by atoms with E-state index in [2.05, 4.69) is 44.8 Å². The Bertz CT molecular complexity index is 272. The lowest BCUT2D eigenvalue weighted by atomic mass is 9.88. The molecule has 18 heavy (non-hydrogen) atoms. The third-order valence-corrected chi connectivity index (χ3v) is 5.05. The zero-order valence-electron chi connectivity index (χ0n) is 13.0. The van der Waals surface area contributed by atoms with Crippen molar-refractivity contribution in [2.75, 3.05) is 13.1 Å². The molecule has 2 heteroatoms. The summed E-state index contributed by atoms with van der Waals surface area (Å²) in [5.41, 5.74) is 0.386. The molecule has 1 saturated carbocycles. The van der Waals surface area contributed by atoms with Crippen molar-refractivity contribution in [3.63, 3.8) is 0 Å². The molecule has 1 heterocycles. The van der Waals surface area contributed by atoms with Crippen LogP contribution >= 0.6 is 0 Å². The molecule has 0 aromatic heterocycles. The zero-order valence-corrected chi connectivity index (χ0v) is 13.0. The Balaban J connectivity index is 2.02. The van der Waals surface area contributed by atoms with Gasteiger partial charge in [0.05, 0.1) is 0 Å². The summed E-state index contributed by atoms with van der Waals surface area (Å²) < 4.78 is 0. The molecule has 1 aliphatic carbocycles. The number of nitrogens with one attached hydrogen (secondary N) is 1. The molecule has 106 valence electrons. The van der Waals surface area contributed by atoms with Crippen LogP contribution in [0.5, 0.6) is 0 Å². The van der Waals surface area contributed by atoms with Crippen LogP contribution in [0.2, 0.25) is 0 Å². The number of hydrogen-bond donors (Lipinski definition) is 1. The molecule has 2 rings (SSSR count). The normalized spacial score (nSPS) is 36.0. The lowest BCUT2D eigenvalue weighted by molar-refractivity contribution is 0.0355. The van der Waals surface area contributed by atoms with Crippen LogP contribution in [-0.2, 0) is 0 Å². The van der Waals surface area contributed by atoms with E-state index in [1.807, 2.05) is 0 Å². The fourth-order valence-electron chi connectivity index (χ4n) is 3.74. The Hall–Kier alpha value is -0.0800. The minimum Gasteiger partial charge on any atom is -0.308 e. The lowest BCUT2D eigenvalue weighted by Crippen LogP contribution is -2.65. The van der Waals surface area contributed by atoms with Crippen LogP contribution in [0.25, 0.3) is 0 Å². The second-order valence-electron chi connectivity index (χ2n) is 7.29. The first-order chi connectivity index (χ1) is 8.46. The highest BCUT2D eigenvalue weighted by Crippen LogP contribution is 2.42. The highest BCUT2D eigenvalue weighted by atomic mass is 15.3. The molecule has 1 N–H and O–H groups in total. The molecule has 0 amide bonds. The van der Waals surface area contributed by atoms with Gasteiger partial charge in [-0.1, -0.05) is 20.8 Å². The zero-order chi connectivity index (χ0) is 13.3. The van der Waals surface area contributed by atoms with Gasteiger partial charge in [-0.2, -0.15) is 0 Å². The molecule has 3 unspecified atom stereocenters. The fraction of sp³-hybridized carbons (Fsp3) is 1.00. The van der Waals surface area contributed by atoms with Crippen molar-refractivity contribution in [1.82, 2.24) is 10.2 Å². The first-order valence-corrected chi connectivity index (χ1v) is 7.97. The molecule has 0 aromatic rings. The van der Waals surface area contributed by atoms with Gasteiger partial charge in [0.25, 0.3) is 0 Å². The summed E-state index contributed by atoms with van der Waals surface area (Å²) in [6.07, 6.45) is 5.48. The quantitative estimate of drug-likeness (QED) is 0.808. The van der Waals surface area contributed by atoms with E-state index in [0.29, 0.717) is 5.54 Å². The minimum absolute atomic E-state index is 0.386. The Morgan fingerprint density at radius 2 is 1.94 bits per heavy atom. The van der Waals surface area contributed by atoms with Crippen LogP contribution in [0, 0.1) is 11.8 Å². The number of piperazine rings is 1. The van der Waals surface area contributed by atoms with Crippen molar-refractivity contribution < 1.29 is 0 Å². The molecule has 2 fully saturated rings. The molecular weight excluding hydrogens is 220 g/mol. The second-order valence-corrected chi connectivity index (χ2v) is 7.29. The predicted octanol–water partition coefficient (Wildman–Crippen LogP) is 3.27. The first kappa shape index (κ1) is 14.3. The second kappa shape index (κ2) is 5.50. The Morgan fingerprint density at radius 1 is 1.28 bits per heavy atom. The van der Waals surface area contributed by atoms with Crippen molar-refractivity contribution in [1.29, 1.82) is 0 Å². The lowest BCUT2D eigenvalue weighted by Gasteiger charge is -2.49. The monoisotopic (exact) mass is 252 g/mol. The number of rotatable bonds is 5. The van der Waals surface area contributed by atoms with Gasteiger partial charge >= 0.3 is 0 Å². The molecular formula is C16H32N2. The van der Waals surface area contributed by atoms with E-state index < -0.39 is 0 Å². The molecule has 2 aliphatic rings. The van der Waals surface area contributed by atoms with Gasteiger partial charge in [-0.15, -0.1) is 0 Å². The predicted molar refractivity (Wildman–Crippen MR) is 78.8 cm³/mol. The summed E-state index contributed by atoms with van der Waals surface area (Å²) in [4.78, 5) is 2.80. The Labute approximate surface area is 114 Å². The van der Waals surface area contributed by atoms with Crippen LogP contribution in [-0.4, -0.2) is 35.6 Å². The van der Waals surface area contributed by atoms with Crippen LogP contribution in [0.15, 0.2) is 0 Å². The number of hydrogen-bond acceptors (Lipinski definition) is 2. The summed E-state index contributed by atoms with van der Waals surface area (Å²) in [7, 11) is 0. The molecule has 1 saturated heterocycles. The largest absolute Gasteiger partial charge is 0.308 e. The van der Waals surface area contributed by atoms with Gasteiger partial charge in [0, 0.05) is 30.7 Å². The summed E-state index contributed by atoms with van der Waals surface area (Å²) in [6.45, 7) is 14.4. The van der Waals surface area contributed by atoms with Gasteiger partial charge in [0.2, 0.25) is 0 Å². The van der Waals surface area contributed by atoms with E-state index in [4.69, 9.17) is 0 Å². The molecule has 0 spiro atoms. The van der Waals surface area contributed by atoms with E-state index in [9.17, 15) is 0 Å². The Kier molecular flexibility index (Phi) is 4.38. The van der Waals surface area contributed by atoms with Crippen molar-refractivity contribution >= 4 is 0 Å². The van der Waals surface area contributed by atoms with Crippen molar-refractivity contribution in [2.45, 2.75) is 77.9 Å². The SMILES string of the molecule is CCC1CNC(C)(C2CC2)CN1C(C)CC(C)C. The Morgan fingerprint density at radius 3 is 2.44 bits per heavy atom. The van der Waals surface area contributed by atoms with Gasteiger partial charge in [0.1, 0.15) is 0 Å². The van der Waals surface area contributed by atoms with Crippen LogP contribution < -0.4 is 5.32 Å². The van der Waals surface area contributed by atoms with Gasteiger partial charge in [-0.3, -0.25) is 4.90 Å². The van der Waals surface area contributed by atoms with Gasteiger partial charge in [-0.25, -0.2) is 0 Å². The first-order valence-electron chi connectivity index (χ1n) is 7.97. The molecule has 2 nitrogen and oxygen atoms in total. The summed E-state index contributed by atoms with van der Waals surface area (Å²) in [5.74, 6) is 1.74. The van der Waals surface area contributed by atoms with E-state index in [-0.39, 0.29) is 0 Å². The van der Waals surface area contributed by atoms with E-state index in [1.54, 1.807) is 0 Å². The van der Waals surface area contributed by atoms with Gasteiger partial charge in [0.15, 0.2) is 0 Å². The maximum absolute atomic E-state index is 3.85. The maximum Gasteiger partial charge on any atom is 0.0309 e. The van der Waals surface area contributed by atoms with Crippen LogP contribution in [0.3, 0.4) is 0 Å². The third kappa shape index (κ3) is 3.08. The van der Waals surface area contributed by atoms with Crippen LogP contribution in [0.4, 0.5) is 0 Å². The highest BCUT2D eigenvalue weighted by molar-refractivity contribution is 5.04. The average Bonchev–Trinajstić information content (AvgIpc) is 3.12. The maximum atomic E-state index is 3.85. The molecule has 1 aliphatic heterocycles. The fourth-order valence-corrected chi connectivity index (χ4v) is 3.74. The molecule has 0 bridgehead atoms. The van der Waals surface area contributed by atoms with E-state index >= 15 is 0 Å². The standard InChI is InChI=1S/C16H32N2/c1-6-15-10-17-16(5,14-7-8-14)11-18(15)13(4)9-12(2)3/h12-15,17H,6-11H2,1-5H3. The molecule has 3 atom stereocenters. The van der Waals surface area contributed by atoms with E-state index in [1.165, 1.54) is 38.8 Å². The minimum atomic E-state index is 0.386. The van der Waals surface area contributed by atoms with Gasteiger partial charge in [-0.05, 0) is 51.4 Å². The molecule has 0 radical (unpaired) electrons. The molecule has 0 aromatic carbocycles. The van der Waals surface area contributed by atoms with Crippen LogP contribution in [0.1, 0.15) is 60.3 Å². The smallest absolute Gasteiger partial charge is 0.0309 e. The summed E-state index contributed by atoms with van der Waals surface area (Å²) in [5, 5.41) is 3.85. The third-order valence-electron chi connectivity index (χ3n) is 5.05. The van der Waals surface area contributed by atoms with E-state index in [0.717, 1.165) is 23.9 Å². The van der Waals surface area contributed by atoms with Crippen molar-refractivity contribution in [3.8, 4) is 0 Å². The number of nitrogens with zero attached hydrogens (tertiary/aromatic N) is 1. The topological polar surface area (TPSA) is 15.3 Å².